The number of aliphatic hydroxyl groups is 2. The summed E-state index contributed by atoms with van der Waals surface area (Å²) in [5, 5.41) is 18.9. The first kappa shape index (κ1) is 15.9. The normalized spacial score (nSPS) is 12.6. The number of hydrogen-bond donors (Lipinski definition) is 2. The first-order chi connectivity index (χ1) is 8.61. The molecule has 0 atom stereocenters. The van der Waals surface area contributed by atoms with E-state index in [1.54, 1.807) is 0 Å². The van der Waals surface area contributed by atoms with Gasteiger partial charge in [-0.3, -0.25) is 0 Å². The number of aromatic nitrogens is 1. The lowest BCUT2D eigenvalue weighted by atomic mass is 9.90. The lowest BCUT2D eigenvalue weighted by Crippen LogP contribution is -2.45. The van der Waals surface area contributed by atoms with Gasteiger partial charge in [0.2, 0.25) is 0 Å². The van der Waals surface area contributed by atoms with Gasteiger partial charge in [-0.15, -0.1) is 0 Å². The van der Waals surface area contributed by atoms with Gasteiger partial charge in [0.1, 0.15) is 5.82 Å². The van der Waals surface area contributed by atoms with Crippen molar-refractivity contribution in [3.63, 3.8) is 0 Å². The van der Waals surface area contributed by atoms with Crippen LogP contribution >= 0.6 is 0 Å². The molecule has 0 aliphatic heterocycles. The van der Waals surface area contributed by atoms with E-state index in [1.807, 2.05) is 37.9 Å². The predicted octanol–water partition coefficient (Wildman–Crippen LogP) is 2.08. The van der Waals surface area contributed by atoms with Crippen molar-refractivity contribution >= 4 is 5.82 Å². The first-order valence-corrected chi connectivity index (χ1v) is 6.59. The number of nitrogens with zero attached hydrogens (tertiary/aromatic N) is 2. The van der Waals surface area contributed by atoms with Gasteiger partial charge in [0.25, 0.3) is 0 Å². The Morgan fingerprint density at radius 2 is 1.68 bits per heavy atom. The summed E-state index contributed by atoms with van der Waals surface area (Å²) in [5.41, 5.74) is 1.31. The van der Waals surface area contributed by atoms with E-state index in [2.05, 4.69) is 25.8 Å². The Balaban J connectivity index is 3.28. The molecule has 2 N–H and O–H groups in total. The molecule has 0 aliphatic rings. The Labute approximate surface area is 116 Å². The Kier molecular flexibility index (Phi) is 4.59. The molecule has 4 nitrogen and oxygen atoms in total. The molecular weight excluding hydrogens is 240 g/mol. The molecular formula is C15H26N2O2. The molecule has 1 aromatic rings. The van der Waals surface area contributed by atoms with Crippen LogP contribution < -0.4 is 4.90 Å². The van der Waals surface area contributed by atoms with Crippen molar-refractivity contribution < 1.29 is 10.2 Å². The van der Waals surface area contributed by atoms with E-state index in [-0.39, 0.29) is 18.6 Å². The number of aliphatic hydroxyl groups excluding tert-OH is 2. The number of rotatable bonds is 4. The van der Waals surface area contributed by atoms with Crippen LogP contribution in [0.1, 0.15) is 45.9 Å². The zero-order chi connectivity index (χ0) is 14.8. The standard InChI is InChI=1S/C15H26N2O2/c1-14(2,3)12-7-11(9-18)8-13(16-12)17(6)15(4,5)10-19/h7-8,18-19H,9-10H2,1-6H3. The van der Waals surface area contributed by atoms with E-state index >= 15 is 0 Å². The average molecular weight is 266 g/mol. The molecule has 0 aliphatic carbocycles. The zero-order valence-electron chi connectivity index (χ0n) is 12.9. The Bertz CT molecular complexity index is 436. The monoisotopic (exact) mass is 266 g/mol. The van der Waals surface area contributed by atoms with Crippen molar-refractivity contribution in [3.05, 3.63) is 23.4 Å². The van der Waals surface area contributed by atoms with Crippen LogP contribution in [0.5, 0.6) is 0 Å². The first-order valence-electron chi connectivity index (χ1n) is 6.59. The lowest BCUT2D eigenvalue weighted by Gasteiger charge is -2.36. The van der Waals surface area contributed by atoms with Gasteiger partial charge in [-0.2, -0.15) is 0 Å². The maximum absolute atomic E-state index is 9.46. The number of likely N-dealkylation sites (N-methyl/N-ethyl adjacent to an activating group) is 1. The fourth-order valence-electron chi connectivity index (χ4n) is 1.63. The summed E-state index contributed by atoms with van der Waals surface area (Å²) < 4.78 is 0. The predicted molar refractivity (Wildman–Crippen MR) is 78.4 cm³/mol. The summed E-state index contributed by atoms with van der Waals surface area (Å²) in [5.74, 6) is 0.774. The number of anilines is 1. The number of pyridine rings is 1. The van der Waals surface area contributed by atoms with Crippen molar-refractivity contribution in [3.8, 4) is 0 Å². The molecule has 0 amide bonds. The zero-order valence-corrected chi connectivity index (χ0v) is 12.9. The molecule has 0 saturated carbocycles. The summed E-state index contributed by atoms with van der Waals surface area (Å²) in [4.78, 5) is 6.62. The molecule has 1 heterocycles. The minimum Gasteiger partial charge on any atom is -0.394 e. The van der Waals surface area contributed by atoms with Crippen LogP contribution in [0, 0.1) is 0 Å². The van der Waals surface area contributed by atoms with E-state index in [1.165, 1.54) is 0 Å². The molecule has 0 unspecified atom stereocenters. The highest BCUT2D eigenvalue weighted by molar-refractivity contribution is 5.45. The fourth-order valence-corrected chi connectivity index (χ4v) is 1.63. The van der Waals surface area contributed by atoms with Crippen molar-refractivity contribution in [2.24, 2.45) is 0 Å². The maximum atomic E-state index is 9.46. The lowest BCUT2D eigenvalue weighted by molar-refractivity contribution is 0.215. The van der Waals surface area contributed by atoms with Gasteiger partial charge in [0.05, 0.1) is 18.8 Å². The van der Waals surface area contributed by atoms with Crippen molar-refractivity contribution in [1.29, 1.82) is 0 Å². The van der Waals surface area contributed by atoms with Crippen LogP contribution in [0.4, 0.5) is 5.82 Å². The molecule has 0 spiro atoms. The third-order valence-electron chi connectivity index (χ3n) is 3.46. The molecule has 1 aromatic heterocycles. The van der Waals surface area contributed by atoms with Gasteiger partial charge >= 0.3 is 0 Å². The van der Waals surface area contributed by atoms with E-state index < -0.39 is 5.54 Å². The van der Waals surface area contributed by atoms with Crippen molar-refractivity contribution in [2.75, 3.05) is 18.6 Å². The minimum absolute atomic E-state index is 0.00794. The third-order valence-corrected chi connectivity index (χ3v) is 3.46. The Hall–Kier alpha value is -1.13. The highest BCUT2D eigenvalue weighted by Gasteiger charge is 2.25. The van der Waals surface area contributed by atoms with E-state index in [9.17, 15) is 10.2 Å². The van der Waals surface area contributed by atoms with Crippen LogP contribution in [0.25, 0.3) is 0 Å². The molecule has 0 saturated heterocycles. The van der Waals surface area contributed by atoms with Crippen LogP contribution in [-0.2, 0) is 12.0 Å². The van der Waals surface area contributed by atoms with Gasteiger partial charge in [-0.1, -0.05) is 20.8 Å². The van der Waals surface area contributed by atoms with Gasteiger partial charge in [-0.25, -0.2) is 4.98 Å². The smallest absolute Gasteiger partial charge is 0.129 e. The molecule has 0 radical (unpaired) electrons. The van der Waals surface area contributed by atoms with E-state index in [4.69, 9.17) is 0 Å². The second-order valence-electron chi connectivity index (χ2n) is 6.66. The summed E-state index contributed by atoms with van der Waals surface area (Å²) in [7, 11) is 1.91. The van der Waals surface area contributed by atoms with Crippen LogP contribution in [0.3, 0.4) is 0 Å². The number of hydrogen-bond acceptors (Lipinski definition) is 4. The van der Waals surface area contributed by atoms with Crippen molar-refractivity contribution in [1.82, 2.24) is 4.98 Å². The van der Waals surface area contributed by atoms with Gasteiger partial charge in [0.15, 0.2) is 0 Å². The van der Waals surface area contributed by atoms with Crippen LogP contribution in [0.2, 0.25) is 0 Å². The van der Waals surface area contributed by atoms with Crippen LogP contribution in [0.15, 0.2) is 12.1 Å². The summed E-state index contributed by atoms with van der Waals surface area (Å²) >= 11 is 0. The summed E-state index contributed by atoms with van der Waals surface area (Å²) in [6.07, 6.45) is 0. The summed E-state index contributed by atoms with van der Waals surface area (Å²) in [6, 6.07) is 3.80. The quantitative estimate of drug-likeness (QED) is 0.876. The SMILES string of the molecule is CN(c1cc(CO)cc(C(C)(C)C)n1)C(C)(C)CO. The van der Waals surface area contributed by atoms with E-state index in [0.29, 0.717) is 0 Å². The maximum Gasteiger partial charge on any atom is 0.129 e. The highest BCUT2D eigenvalue weighted by atomic mass is 16.3. The van der Waals surface area contributed by atoms with Gasteiger partial charge in [0, 0.05) is 18.2 Å². The molecule has 0 bridgehead atoms. The molecule has 108 valence electrons. The second-order valence-corrected chi connectivity index (χ2v) is 6.66. The van der Waals surface area contributed by atoms with Crippen LogP contribution in [-0.4, -0.2) is 34.4 Å². The molecule has 1 rings (SSSR count). The van der Waals surface area contributed by atoms with Gasteiger partial charge < -0.3 is 15.1 Å². The molecule has 19 heavy (non-hydrogen) atoms. The van der Waals surface area contributed by atoms with Crippen molar-refractivity contribution in [2.45, 2.75) is 52.2 Å². The largest absolute Gasteiger partial charge is 0.394 e. The topological polar surface area (TPSA) is 56.6 Å². The summed E-state index contributed by atoms with van der Waals surface area (Å²) in [6.45, 7) is 10.2. The fraction of sp³-hybridized carbons (Fsp3) is 0.667. The Morgan fingerprint density at radius 3 is 2.11 bits per heavy atom. The Morgan fingerprint density at radius 1 is 1.11 bits per heavy atom. The van der Waals surface area contributed by atoms with Gasteiger partial charge in [-0.05, 0) is 31.5 Å². The minimum atomic E-state index is -0.393. The average Bonchev–Trinajstić information content (AvgIpc) is 2.36. The van der Waals surface area contributed by atoms with E-state index in [0.717, 1.165) is 17.1 Å². The molecule has 0 fully saturated rings. The third kappa shape index (κ3) is 3.67. The second kappa shape index (κ2) is 5.47. The molecule has 4 heteroatoms. The highest BCUT2D eigenvalue weighted by Crippen LogP contribution is 2.27. The molecule has 0 aromatic carbocycles.